The fourth-order valence-corrected chi connectivity index (χ4v) is 3.18. The molecule has 1 saturated heterocycles. The van der Waals surface area contributed by atoms with Crippen molar-refractivity contribution >= 4 is 39.9 Å². The molecule has 3 heterocycles. The number of hydrogen-bond donors (Lipinski definition) is 1. The summed E-state index contributed by atoms with van der Waals surface area (Å²) in [6.45, 7) is 3.84. The van der Waals surface area contributed by atoms with Crippen molar-refractivity contribution in [2.75, 3.05) is 38.7 Å². The van der Waals surface area contributed by atoms with Gasteiger partial charge < -0.3 is 14.8 Å². The van der Waals surface area contributed by atoms with Gasteiger partial charge in [0.05, 0.1) is 32.2 Å². The van der Waals surface area contributed by atoms with Gasteiger partial charge >= 0.3 is 5.97 Å². The van der Waals surface area contributed by atoms with Crippen LogP contribution < -0.4 is 5.32 Å². The number of esters is 1. The van der Waals surface area contributed by atoms with Crippen molar-refractivity contribution in [3.05, 3.63) is 28.1 Å². The lowest BCUT2D eigenvalue weighted by molar-refractivity contribution is 0.0336. The first-order chi connectivity index (χ1) is 11.6. The molecular weight excluding hydrogens is 354 g/mol. The van der Waals surface area contributed by atoms with Crippen LogP contribution in [0.15, 0.2) is 12.3 Å². The first kappa shape index (κ1) is 17.0. The highest BCUT2D eigenvalue weighted by Gasteiger charge is 2.14. The zero-order valence-corrected chi connectivity index (χ0v) is 14.6. The Morgan fingerprint density at radius 3 is 3.00 bits per heavy atom. The normalized spacial score (nSPS) is 15.2. The predicted molar refractivity (Wildman–Crippen MR) is 89.9 cm³/mol. The highest BCUT2D eigenvalue weighted by molar-refractivity contribution is 7.17. The number of ether oxygens (including phenoxy) is 2. The molecule has 0 saturated carbocycles. The average molecular weight is 370 g/mol. The van der Waals surface area contributed by atoms with Crippen LogP contribution in [-0.2, 0) is 16.0 Å². The van der Waals surface area contributed by atoms with Crippen molar-refractivity contribution in [2.24, 2.45) is 0 Å². The Hall–Kier alpha value is -1.81. The Bertz CT molecular complexity index is 720. The van der Waals surface area contributed by atoms with E-state index in [1.165, 1.54) is 24.6 Å². The van der Waals surface area contributed by atoms with E-state index in [-0.39, 0.29) is 5.28 Å². The van der Waals surface area contributed by atoms with E-state index in [0.29, 0.717) is 22.4 Å². The number of anilines is 2. The second-order valence-electron chi connectivity index (χ2n) is 5.05. The minimum Gasteiger partial charge on any atom is -0.465 e. The lowest BCUT2D eigenvalue weighted by Crippen LogP contribution is -2.35. The number of carbonyl (C=O) groups excluding carboxylic acids is 1. The van der Waals surface area contributed by atoms with Gasteiger partial charge in [-0.2, -0.15) is 0 Å². The smallest absolute Gasteiger partial charge is 0.349 e. The van der Waals surface area contributed by atoms with E-state index in [9.17, 15) is 4.79 Å². The zero-order valence-electron chi connectivity index (χ0n) is 13.0. The van der Waals surface area contributed by atoms with Crippen LogP contribution in [0.5, 0.6) is 0 Å². The number of thiazole rings is 1. The Balaban J connectivity index is 1.71. The average Bonchev–Trinajstić information content (AvgIpc) is 3.03. The third kappa shape index (κ3) is 4.38. The molecule has 1 aliphatic rings. The van der Waals surface area contributed by atoms with Crippen LogP contribution in [0, 0.1) is 0 Å². The molecule has 0 spiro atoms. The molecule has 2 aromatic heterocycles. The Morgan fingerprint density at radius 1 is 1.46 bits per heavy atom. The number of morpholine rings is 1. The first-order valence-electron chi connectivity index (χ1n) is 7.29. The number of halogens is 1. The molecule has 0 amide bonds. The molecule has 3 rings (SSSR count). The maximum atomic E-state index is 11.5. The third-order valence-corrected chi connectivity index (χ3v) is 4.43. The van der Waals surface area contributed by atoms with E-state index in [4.69, 9.17) is 16.3 Å². The second kappa shape index (κ2) is 7.84. The summed E-state index contributed by atoms with van der Waals surface area (Å²) in [5, 5.41) is 3.73. The summed E-state index contributed by atoms with van der Waals surface area (Å²) in [6.07, 6.45) is 1.45. The molecule has 2 aromatic rings. The third-order valence-electron chi connectivity index (χ3n) is 3.37. The van der Waals surface area contributed by atoms with Gasteiger partial charge in [0.25, 0.3) is 0 Å². The summed E-state index contributed by atoms with van der Waals surface area (Å²) in [5.74, 6) is 0.110. The van der Waals surface area contributed by atoms with Gasteiger partial charge in [-0.05, 0) is 11.6 Å². The van der Waals surface area contributed by atoms with Crippen molar-refractivity contribution < 1.29 is 14.3 Å². The van der Waals surface area contributed by atoms with Crippen LogP contribution in [0.25, 0.3) is 0 Å². The molecule has 1 N–H and O–H groups in total. The van der Waals surface area contributed by atoms with Crippen molar-refractivity contribution in [1.29, 1.82) is 0 Å². The Kier molecular flexibility index (Phi) is 5.56. The molecule has 0 atom stereocenters. The molecule has 24 heavy (non-hydrogen) atoms. The number of aromatic nitrogens is 3. The van der Waals surface area contributed by atoms with Crippen LogP contribution in [0.1, 0.15) is 15.4 Å². The van der Waals surface area contributed by atoms with Crippen LogP contribution in [0.3, 0.4) is 0 Å². The van der Waals surface area contributed by atoms with Crippen molar-refractivity contribution in [3.63, 3.8) is 0 Å². The Morgan fingerprint density at radius 2 is 2.25 bits per heavy atom. The van der Waals surface area contributed by atoms with Gasteiger partial charge in [0.15, 0.2) is 5.13 Å². The van der Waals surface area contributed by atoms with Crippen molar-refractivity contribution in [2.45, 2.75) is 6.54 Å². The van der Waals surface area contributed by atoms with Crippen LogP contribution >= 0.6 is 22.9 Å². The van der Waals surface area contributed by atoms with E-state index >= 15 is 0 Å². The number of carbonyl (C=O) groups is 1. The fraction of sp³-hybridized carbons (Fsp3) is 0.429. The molecule has 10 heteroatoms. The number of nitrogens with zero attached hydrogens (tertiary/aromatic N) is 4. The number of nitrogens with one attached hydrogen (secondary N) is 1. The summed E-state index contributed by atoms with van der Waals surface area (Å²) < 4.78 is 10.0. The van der Waals surface area contributed by atoms with E-state index < -0.39 is 5.97 Å². The molecule has 8 nitrogen and oxygen atoms in total. The van der Waals surface area contributed by atoms with Crippen LogP contribution in [0.2, 0.25) is 5.28 Å². The fourth-order valence-electron chi connectivity index (χ4n) is 2.24. The number of hydrogen-bond acceptors (Lipinski definition) is 9. The van der Waals surface area contributed by atoms with Crippen molar-refractivity contribution in [1.82, 2.24) is 19.9 Å². The lowest BCUT2D eigenvalue weighted by atomic mass is 10.3. The maximum Gasteiger partial charge on any atom is 0.349 e. The molecule has 0 unspecified atom stereocenters. The quantitative estimate of drug-likeness (QED) is 0.631. The predicted octanol–water partition coefficient (Wildman–Crippen LogP) is 1.95. The van der Waals surface area contributed by atoms with Gasteiger partial charge in [0.2, 0.25) is 5.28 Å². The largest absolute Gasteiger partial charge is 0.465 e. The topological polar surface area (TPSA) is 89.5 Å². The summed E-state index contributed by atoms with van der Waals surface area (Å²) in [7, 11) is 1.33. The van der Waals surface area contributed by atoms with Gasteiger partial charge in [-0.1, -0.05) is 11.3 Å². The monoisotopic (exact) mass is 369 g/mol. The molecule has 1 fully saturated rings. The van der Waals surface area contributed by atoms with Crippen LogP contribution in [-0.4, -0.2) is 59.2 Å². The second-order valence-corrected chi connectivity index (χ2v) is 6.42. The highest BCUT2D eigenvalue weighted by Crippen LogP contribution is 2.23. The minimum absolute atomic E-state index is 0.160. The molecule has 0 radical (unpaired) electrons. The van der Waals surface area contributed by atoms with Gasteiger partial charge in [-0.25, -0.2) is 19.7 Å². The van der Waals surface area contributed by atoms with Gasteiger partial charge in [-0.3, -0.25) is 4.90 Å². The summed E-state index contributed by atoms with van der Waals surface area (Å²) in [5.41, 5.74) is 0.809. The maximum absolute atomic E-state index is 11.5. The molecule has 128 valence electrons. The summed E-state index contributed by atoms with van der Waals surface area (Å²) in [4.78, 5) is 26.7. The lowest BCUT2D eigenvalue weighted by Gasteiger charge is -2.26. The van der Waals surface area contributed by atoms with Gasteiger partial charge in [0, 0.05) is 25.7 Å². The number of rotatable bonds is 5. The van der Waals surface area contributed by atoms with E-state index in [1.807, 2.05) is 6.07 Å². The van der Waals surface area contributed by atoms with Gasteiger partial charge in [-0.15, -0.1) is 0 Å². The van der Waals surface area contributed by atoms with Crippen molar-refractivity contribution in [3.8, 4) is 0 Å². The standard InChI is InChI=1S/C14H16ClN5O3S/c1-22-12(21)10-7-16-14(24-10)19-11-6-9(17-13(15)18-11)8-20-2-4-23-5-3-20/h6-7H,2-5,8H2,1H3,(H,16,17,18,19). The molecular formula is C14H16ClN5O3S. The molecule has 1 aliphatic heterocycles. The van der Waals surface area contributed by atoms with E-state index in [2.05, 4.69) is 29.9 Å². The SMILES string of the molecule is COC(=O)c1cnc(Nc2cc(CN3CCOCC3)nc(Cl)n2)s1. The molecule has 0 aliphatic carbocycles. The minimum atomic E-state index is -0.422. The van der Waals surface area contributed by atoms with E-state index in [0.717, 1.165) is 32.0 Å². The molecule has 0 bridgehead atoms. The molecule has 0 aromatic carbocycles. The van der Waals surface area contributed by atoms with Gasteiger partial charge in [0.1, 0.15) is 10.7 Å². The summed E-state index contributed by atoms with van der Waals surface area (Å²) >= 11 is 7.20. The first-order valence-corrected chi connectivity index (χ1v) is 8.48. The zero-order chi connectivity index (χ0) is 16.9. The van der Waals surface area contributed by atoms with Crippen LogP contribution in [0.4, 0.5) is 10.9 Å². The highest BCUT2D eigenvalue weighted by atomic mass is 35.5. The number of methoxy groups -OCH3 is 1. The summed E-state index contributed by atoms with van der Waals surface area (Å²) in [6, 6.07) is 1.82. The Labute approximate surface area is 147 Å². The van der Waals surface area contributed by atoms with E-state index in [1.54, 1.807) is 0 Å².